The number of nitrogens with one attached hydrogen (secondary N) is 1. The lowest BCUT2D eigenvalue weighted by Crippen LogP contribution is -2.14. The summed E-state index contributed by atoms with van der Waals surface area (Å²) in [5.41, 5.74) is 1.32. The van der Waals surface area contributed by atoms with Crippen molar-refractivity contribution in [2.45, 2.75) is 14.8 Å². The first kappa shape index (κ1) is 18.1. The highest BCUT2D eigenvalue weighted by Gasteiger charge is 2.09. The molecule has 0 aliphatic rings. The van der Waals surface area contributed by atoms with Gasteiger partial charge in [-0.05, 0) is 36.4 Å². The Hall–Kier alpha value is -2.75. The van der Waals surface area contributed by atoms with Crippen molar-refractivity contribution < 1.29 is 4.79 Å². The molecule has 1 heterocycles. The summed E-state index contributed by atoms with van der Waals surface area (Å²) in [5, 5.41) is 12.5. The zero-order valence-corrected chi connectivity index (χ0v) is 15.4. The molecule has 6 heteroatoms. The molecule has 26 heavy (non-hydrogen) atoms. The number of rotatable bonds is 6. The Kier molecular flexibility index (Phi) is 6.31. The maximum Gasteiger partial charge on any atom is 0.234 e. The van der Waals surface area contributed by atoms with Crippen LogP contribution in [0.3, 0.4) is 0 Å². The van der Waals surface area contributed by atoms with Crippen LogP contribution >= 0.6 is 23.5 Å². The van der Waals surface area contributed by atoms with E-state index in [4.69, 9.17) is 5.26 Å². The third-order valence-corrected chi connectivity index (χ3v) is 5.36. The molecular weight excluding hydrogens is 362 g/mol. The Balaban J connectivity index is 1.63. The van der Waals surface area contributed by atoms with Crippen molar-refractivity contribution in [3.63, 3.8) is 0 Å². The van der Waals surface area contributed by atoms with Crippen LogP contribution in [-0.4, -0.2) is 16.6 Å². The molecule has 1 amide bonds. The number of anilines is 1. The molecule has 0 fully saturated rings. The quantitative estimate of drug-likeness (QED) is 0.623. The van der Waals surface area contributed by atoms with E-state index in [-0.39, 0.29) is 11.7 Å². The summed E-state index contributed by atoms with van der Waals surface area (Å²) < 4.78 is 0. The van der Waals surface area contributed by atoms with Gasteiger partial charge in [-0.25, -0.2) is 4.98 Å². The monoisotopic (exact) mass is 377 g/mol. The van der Waals surface area contributed by atoms with E-state index < -0.39 is 0 Å². The third kappa shape index (κ3) is 5.12. The molecular formula is C20H15N3OS2. The van der Waals surface area contributed by atoms with Crippen molar-refractivity contribution >= 4 is 35.1 Å². The van der Waals surface area contributed by atoms with E-state index in [1.165, 1.54) is 11.8 Å². The second-order valence-corrected chi connectivity index (χ2v) is 7.35. The first-order valence-electron chi connectivity index (χ1n) is 7.85. The first-order chi connectivity index (χ1) is 12.7. The van der Waals surface area contributed by atoms with Gasteiger partial charge in [0.2, 0.25) is 5.91 Å². The van der Waals surface area contributed by atoms with Crippen molar-refractivity contribution in [1.82, 2.24) is 4.98 Å². The number of carbonyl (C=O) groups is 1. The van der Waals surface area contributed by atoms with E-state index >= 15 is 0 Å². The largest absolute Gasteiger partial charge is 0.324 e. The second-order valence-electron chi connectivity index (χ2n) is 5.24. The van der Waals surface area contributed by atoms with Crippen LogP contribution in [0, 0.1) is 11.3 Å². The predicted molar refractivity (Wildman–Crippen MR) is 105 cm³/mol. The maximum absolute atomic E-state index is 12.3. The van der Waals surface area contributed by atoms with E-state index in [1.54, 1.807) is 30.1 Å². The summed E-state index contributed by atoms with van der Waals surface area (Å²) in [4.78, 5) is 18.6. The van der Waals surface area contributed by atoms with Crippen molar-refractivity contribution in [3.05, 3.63) is 78.5 Å². The lowest BCUT2D eigenvalue weighted by atomic mass is 10.3. The number of nitriles is 1. The van der Waals surface area contributed by atoms with Crippen molar-refractivity contribution in [2.24, 2.45) is 0 Å². The number of para-hydroxylation sites is 1. The third-order valence-electron chi connectivity index (χ3n) is 3.35. The van der Waals surface area contributed by atoms with E-state index in [0.717, 1.165) is 15.5 Å². The molecule has 0 saturated heterocycles. The Labute approximate surface area is 160 Å². The van der Waals surface area contributed by atoms with Crippen LogP contribution in [0.5, 0.6) is 0 Å². The number of pyridine rings is 1. The second kappa shape index (κ2) is 9.09. The van der Waals surface area contributed by atoms with Crippen LogP contribution < -0.4 is 5.32 Å². The van der Waals surface area contributed by atoms with E-state index in [2.05, 4.69) is 16.4 Å². The van der Waals surface area contributed by atoms with Gasteiger partial charge in [0.05, 0.1) is 28.1 Å². The summed E-state index contributed by atoms with van der Waals surface area (Å²) in [6, 6.07) is 23.1. The van der Waals surface area contributed by atoms with Gasteiger partial charge in [0, 0.05) is 16.0 Å². The average Bonchev–Trinajstić information content (AvgIpc) is 2.69. The van der Waals surface area contributed by atoms with Crippen molar-refractivity contribution in [3.8, 4) is 6.07 Å². The minimum absolute atomic E-state index is 0.111. The lowest BCUT2D eigenvalue weighted by molar-refractivity contribution is -0.113. The van der Waals surface area contributed by atoms with Gasteiger partial charge in [0.25, 0.3) is 0 Å². The van der Waals surface area contributed by atoms with Crippen LogP contribution in [0.25, 0.3) is 0 Å². The van der Waals surface area contributed by atoms with Crippen LogP contribution in [0.15, 0.2) is 87.7 Å². The Morgan fingerprint density at radius 2 is 1.85 bits per heavy atom. The molecule has 0 unspecified atom stereocenters. The molecule has 3 aromatic rings. The zero-order chi connectivity index (χ0) is 18.2. The van der Waals surface area contributed by atoms with Gasteiger partial charge >= 0.3 is 0 Å². The highest BCUT2D eigenvalue weighted by atomic mass is 32.2. The van der Waals surface area contributed by atoms with E-state index in [1.807, 2.05) is 54.6 Å². The number of aromatic nitrogens is 1. The molecule has 0 spiro atoms. The fourth-order valence-corrected chi connectivity index (χ4v) is 3.78. The van der Waals surface area contributed by atoms with Gasteiger partial charge in [-0.3, -0.25) is 4.79 Å². The Morgan fingerprint density at radius 1 is 1.08 bits per heavy atom. The highest BCUT2D eigenvalue weighted by Crippen LogP contribution is 2.33. The topological polar surface area (TPSA) is 65.8 Å². The molecule has 0 bridgehead atoms. The predicted octanol–water partition coefficient (Wildman–Crippen LogP) is 4.84. The summed E-state index contributed by atoms with van der Waals surface area (Å²) in [5.74, 6) is 0.118. The standard InChI is InChI=1S/C20H15N3OS2/c21-13-15-10-11-22-20(12-15)25-14-19(24)23-17-8-4-5-9-18(17)26-16-6-2-1-3-7-16/h1-12H,14H2,(H,23,24). The minimum Gasteiger partial charge on any atom is -0.324 e. The van der Waals surface area contributed by atoms with Crippen LogP contribution in [0.4, 0.5) is 5.69 Å². The molecule has 2 aromatic carbocycles. The van der Waals surface area contributed by atoms with Crippen molar-refractivity contribution in [1.29, 1.82) is 5.26 Å². The number of benzene rings is 2. The van der Waals surface area contributed by atoms with E-state index in [0.29, 0.717) is 10.6 Å². The minimum atomic E-state index is -0.111. The van der Waals surface area contributed by atoms with Gasteiger partial charge in [-0.1, -0.05) is 53.9 Å². The molecule has 4 nitrogen and oxygen atoms in total. The van der Waals surface area contributed by atoms with Crippen LogP contribution in [-0.2, 0) is 4.79 Å². The number of nitrogens with zero attached hydrogens (tertiary/aromatic N) is 2. The molecule has 0 radical (unpaired) electrons. The van der Waals surface area contributed by atoms with Crippen LogP contribution in [0.2, 0.25) is 0 Å². The van der Waals surface area contributed by atoms with Crippen molar-refractivity contribution in [2.75, 3.05) is 11.1 Å². The summed E-state index contributed by atoms with van der Waals surface area (Å²) in [6.45, 7) is 0. The summed E-state index contributed by atoms with van der Waals surface area (Å²) >= 11 is 2.91. The average molecular weight is 377 g/mol. The maximum atomic E-state index is 12.3. The number of thioether (sulfide) groups is 1. The van der Waals surface area contributed by atoms with Gasteiger partial charge < -0.3 is 5.32 Å². The zero-order valence-electron chi connectivity index (χ0n) is 13.8. The van der Waals surface area contributed by atoms with E-state index in [9.17, 15) is 4.79 Å². The smallest absolute Gasteiger partial charge is 0.234 e. The number of hydrogen-bond acceptors (Lipinski definition) is 5. The van der Waals surface area contributed by atoms with Gasteiger partial charge in [-0.2, -0.15) is 5.26 Å². The summed E-state index contributed by atoms with van der Waals surface area (Å²) in [7, 11) is 0. The fraction of sp³-hybridized carbons (Fsp3) is 0.0500. The van der Waals surface area contributed by atoms with Gasteiger partial charge in [0.1, 0.15) is 0 Å². The van der Waals surface area contributed by atoms with Gasteiger partial charge in [0.15, 0.2) is 0 Å². The molecule has 3 rings (SSSR count). The molecule has 0 atom stereocenters. The normalized spacial score (nSPS) is 10.1. The highest BCUT2D eigenvalue weighted by molar-refractivity contribution is 8.00. The molecule has 0 aliphatic carbocycles. The number of carbonyl (C=O) groups excluding carboxylic acids is 1. The SMILES string of the molecule is N#Cc1ccnc(SCC(=O)Nc2ccccc2Sc2ccccc2)c1. The van der Waals surface area contributed by atoms with Gasteiger partial charge in [-0.15, -0.1) is 0 Å². The number of hydrogen-bond donors (Lipinski definition) is 1. The first-order valence-corrected chi connectivity index (χ1v) is 9.65. The lowest BCUT2D eigenvalue weighted by Gasteiger charge is -2.10. The Bertz CT molecular complexity index is 939. The van der Waals surface area contributed by atoms with Crippen LogP contribution in [0.1, 0.15) is 5.56 Å². The molecule has 0 aliphatic heterocycles. The molecule has 128 valence electrons. The molecule has 0 saturated carbocycles. The fourth-order valence-electron chi connectivity index (χ4n) is 2.16. The Morgan fingerprint density at radius 3 is 2.65 bits per heavy atom. The summed E-state index contributed by atoms with van der Waals surface area (Å²) in [6.07, 6.45) is 1.57. The number of amides is 1. The molecule has 1 aromatic heterocycles. The molecule has 1 N–H and O–H groups in total.